The van der Waals surface area contributed by atoms with Crippen LogP contribution in [0.3, 0.4) is 0 Å². The SMILES string of the molecule is CCCC/C=C/[C@H]1CO[C@H](C2CCC(c3ccc(C#N)c(F)c3)CC2)OC1. The molecule has 0 spiro atoms. The smallest absolute Gasteiger partial charge is 0.160 e. The normalized spacial score (nSPS) is 28.9. The van der Waals surface area contributed by atoms with Gasteiger partial charge in [-0.25, -0.2) is 4.39 Å². The molecule has 27 heavy (non-hydrogen) atoms. The largest absolute Gasteiger partial charge is 0.352 e. The molecule has 1 aromatic carbocycles. The molecule has 1 saturated carbocycles. The highest BCUT2D eigenvalue weighted by Crippen LogP contribution is 2.39. The average molecular weight is 371 g/mol. The van der Waals surface area contributed by atoms with Gasteiger partial charge in [0.25, 0.3) is 0 Å². The van der Waals surface area contributed by atoms with Crippen LogP contribution in [-0.4, -0.2) is 19.5 Å². The van der Waals surface area contributed by atoms with E-state index < -0.39 is 5.82 Å². The van der Waals surface area contributed by atoms with Crippen LogP contribution in [0.5, 0.6) is 0 Å². The molecule has 0 N–H and O–H groups in total. The molecule has 146 valence electrons. The van der Waals surface area contributed by atoms with Crippen molar-refractivity contribution in [1.29, 1.82) is 5.26 Å². The molecule has 4 heteroatoms. The van der Waals surface area contributed by atoms with Gasteiger partial charge < -0.3 is 9.47 Å². The van der Waals surface area contributed by atoms with Gasteiger partial charge in [-0.1, -0.05) is 38.0 Å². The van der Waals surface area contributed by atoms with Crippen LogP contribution in [0.2, 0.25) is 0 Å². The molecule has 0 unspecified atom stereocenters. The summed E-state index contributed by atoms with van der Waals surface area (Å²) in [5.74, 6) is 0.751. The van der Waals surface area contributed by atoms with Crippen molar-refractivity contribution in [2.45, 2.75) is 64.1 Å². The van der Waals surface area contributed by atoms with E-state index in [4.69, 9.17) is 14.7 Å². The first kappa shape index (κ1) is 20.0. The number of allylic oxidation sites excluding steroid dienone is 1. The molecule has 3 rings (SSSR count). The number of hydrogen-bond donors (Lipinski definition) is 0. The molecule has 1 aliphatic heterocycles. The highest BCUT2D eigenvalue weighted by molar-refractivity contribution is 5.34. The van der Waals surface area contributed by atoms with Crippen LogP contribution >= 0.6 is 0 Å². The molecule has 1 saturated heterocycles. The highest BCUT2D eigenvalue weighted by Gasteiger charge is 2.32. The van der Waals surface area contributed by atoms with Crippen LogP contribution < -0.4 is 0 Å². The molecule has 2 aliphatic rings. The van der Waals surface area contributed by atoms with E-state index in [-0.39, 0.29) is 11.9 Å². The Morgan fingerprint density at radius 3 is 2.56 bits per heavy atom. The van der Waals surface area contributed by atoms with Crippen molar-refractivity contribution in [3.05, 3.63) is 47.3 Å². The molecule has 0 aromatic heterocycles. The van der Waals surface area contributed by atoms with Crippen LogP contribution in [0.1, 0.15) is 68.9 Å². The lowest BCUT2D eigenvalue weighted by Gasteiger charge is -2.37. The number of benzene rings is 1. The van der Waals surface area contributed by atoms with Gasteiger partial charge in [-0.2, -0.15) is 5.26 Å². The van der Waals surface area contributed by atoms with Crippen LogP contribution in [0.15, 0.2) is 30.4 Å². The molecule has 3 nitrogen and oxygen atoms in total. The maximum atomic E-state index is 13.9. The summed E-state index contributed by atoms with van der Waals surface area (Å²) in [4.78, 5) is 0. The Hall–Kier alpha value is -1.70. The fourth-order valence-electron chi connectivity index (χ4n) is 4.13. The van der Waals surface area contributed by atoms with Crippen LogP contribution in [0.4, 0.5) is 4.39 Å². The number of nitrogens with zero attached hydrogens (tertiary/aromatic N) is 1. The topological polar surface area (TPSA) is 42.2 Å². The second-order valence-electron chi connectivity index (χ2n) is 7.83. The predicted molar refractivity (Wildman–Crippen MR) is 104 cm³/mol. The fourth-order valence-corrected chi connectivity index (χ4v) is 4.13. The highest BCUT2D eigenvalue weighted by atomic mass is 19.1. The lowest BCUT2D eigenvalue weighted by atomic mass is 9.78. The standard InChI is InChI=1S/C23H30FNO2/c1-2-3-4-5-6-17-15-26-23(27-16-17)19-9-7-18(8-10-19)20-11-12-21(14-25)22(24)13-20/h5-6,11-13,17-19,23H,2-4,7-10,15-16H2,1H3/b6-5+/t17-,18?,19?,23-. The molecule has 1 aromatic rings. The van der Waals surface area contributed by atoms with Gasteiger partial charge in [0.15, 0.2) is 6.29 Å². The van der Waals surface area contributed by atoms with Crippen molar-refractivity contribution in [1.82, 2.24) is 0 Å². The minimum atomic E-state index is -0.408. The summed E-state index contributed by atoms with van der Waals surface area (Å²) >= 11 is 0. The summed E-state index contributed by atoms with van der Waals surface area (Å²) in [5.41, 5.74) is 1.13. The summed E-state index contributed by atoms with van der Waals surface area (Å²) in [7, 11) is 0. The zero-order chi connectivity index (χ0) is 19.1. The third-order valence-corrected chi connectivity index (χ3v) is 5.82. The van der Waals surface area contributed by atoms with Crippen molar-refractivity contribution in [2.75, 3.05) is 13.2 Å². The Kier molecular flexibility index (Phi) is 7.43. The average Bonchev–Trinajstić information content (AvgIpc) is 2.72. The Morgan fingerprint density at radius 1 is 1.19 bits per heavy atom. The van der Waals surface area contributed by atoms with E-state index in [1.165, 1.54) is 18.9 Å². The number of hydrogen-bond acceptors (Lipinski definition) is 3. The van der Waals surface area contributed by atoms with Crippen molar-refractivity contribution >= 4 is 0 Å². The van der Waals surface area contributed by atoms with Crippen molar-refractivity contribution < 1.29 is 13.9 Å². The molecule has 0 atom stereocenters. The molecule has 1 heterocycles. The van der Waals surface area contributed by atoms with E-state index in [0.717, 1.165) is 50.9 Å². The van der Waals surface area contributed by atoms with Gasteiger partial charge >= 0.3 is 0 Å². The number of ether oxygens (including phenoxy) is 2. The minimum Gasteiger partial charge on any atom is -0.352 e. The Balaban J connectivity index is 1.44. The van der Waals surface area contributed by atoms with E-state index in [2.05, 4.69) is 19.1 Å². The second-order valence-corrected chi connectivity index (χ2v) is 7.83. The third kappa shape index (κ3) is 5.40. The monoisotopic (exact) mass is 371 g/mol. The first-order chi connectivity index (χ1) is 13.2. The van der Waals surface area contributed by atoms with E-state index in [1.807, 2.05) is 12.1 Å². The van der Waals surface area contributed by atoms with Gasteiger partial charge in [0.2, 0.25) is 0 Å². The molecule has 0 bridgehead atoms. The first-order valence-corrected chi connectivity index (χ1v) is 10.3. The van der Waals surface area contributed by atoms with Crippen molar-refractivity contribution in [2.24, 2.45) is 11.8 Å². The number of unbranched alkanes of at least 4 members (excludes halogenated alkanes) is 2. The lowest BCUT2D eigenvalue weighted by Crippen LogP contribution is -2.37. The van der Waals surface area contributed by atoms with Gasteiger partial charge in [0.05, 0.1) is 18.8 Å². The Morgan fingerprint density at radius 2 is 1.93 bits per heavy atom. The third-order valence-electron chi connectivity index (χ3n) is 5.82. The number of rotatable bonds is 6. The second kappa shape index (κ2) is 10.0. The van der Waals surface area contributed by atoms with E-state index in [1.54, 1.807) is 6.07 Å². The summed E-state index contributed by atoms with van der Waals surface area (Å²) in [6.45, 7) is 3.69. The van der Waals surface area contributed by atoms with Crippen molar-refractivity contribution in [3.63, 3.8) is 0 Å². The van der Waals surface area contributed by atoms with E-state index >= 15 is 0 Å². The zero-order valence-corrected chi connectivity index (χ0v) is 16.2. The number of nitriles is 1. The Bertz CT molecular complexity index is 665. The summed E-state index contributed by atoms with van der Waals surface area (Å²) in [6, 6.07) is 6.91. The van der Waals surface area contributed by atoms with Crippen LogP contribution in [0, 0.1) is 29.0 Å². The lowest BCUT2D eigenvalue weighted by molar-refractivity contribution is -0.222. The molecule has 0 amide bonds. The predicted octanol–water partition coefficient (Wildman–Crippen LogP) is 5.71. The molecule has 1 aliphatic carbocycles. The first-order valence-electron chi connectivity index (χ1n) is 10.3. The summed E-state index contributed by atoms with van der Waals surface area (Å²) < 4.78 is 25.9. The van der Waals surface area contributed by atoms with Gasteiger partial charge in [-0.15, -0.1) is 0 Å². The van der Waals surface area contributed by atoms with Crippen molar-refractivity contribution in [3.8, 4) is 6.07 Å². The Labute approximate surface area is 162 Å². The number of halogens is 1. The molecule has 2 fully saturated rings. The summed E-state index contributed by atoms with van der Waals surface area (Å²) in [6.07, 6.45) is 12.1. The molecule has 0 radical (unpaired) electrons. The maximum absolute atomic E-state index is 13.9. The maximum Gasteiger partial charge on any atom is 0.160 e. The molecular weight excluding hydrogens is 341 g/mol. The van der Waals surface area contributed by atoms with Crippen LogP contribution in [0.25, 0.3) is 0 Å². The van der Waals surface area contributed by atoms with E-state index in [9.17, 15) is 4.39 Å². The van der Waals surface area contributed by atoms with Gasteiger partial charge in [-0.05, 0) is 55.7 Å². The van der Waals surface area contributed by atoms with Gasteiger partial charge in [0, 0.05) is 11.8 Å². The van der Waals surface area contributed by atoms with Crippen LogP contribution in [-0.2, 0) is 9.47 Å². The van der Waals surface area contributed by atoms with Gasteiger partial charge in [0.1, 0.15) is 11.9 Å². The minimum absolute atomic E-state index is 0.0936. The van der Waals surface area contributed by atoms with E-state index in [0.29, 0.717) is 17.8 Å². The fraction of sp³-hybridized carbons (Fsp3) is 0.609. The van der Waals surface area contributed by atoms with Gasteiger partial charge in [-0.3, -0.25) is 0 Å². The quantitative estimate of drug-likeness (QED) is 0.475. The molecular formula is C23H30FNO2. The zero-order valence-electron chi connectivity index (χ0n) is 16.2. The summed E-state index contributed by atoms with van der Waals surface area (Å²) in [5, 5.41) is 8.87.